The quantitative estimate of drug-likeness (QED) is 0.671. The van der Waals surface area contributed by atoms with Crippen molar-refractivity contribution in [2.24, 2.45) is 5.73 Å². The molecule has 5 nitrogen and oxygen atoms in total. The summed E-state index contributed by atoms with van der Waals surface area (Å²) < 4.78 is 88.7. The van der Waals surface area contributed by atoms with Gasteiger partial charge < -0.3 is 25.1 Å². The molecule has 3 N–H and O–H groups in total. The fraction of sp³-hybridized carbons (Fsp3) is 0.455. The van der Waals surface area contributed by atoms with Gasteiger partial charge in [0.2, 0.25) is 0 Å². The number of halogens is 1. The van der Waals surface area contributed by atoms with E-state index >= 15 is 0 Å². The Labute approximate surface area is 188 Å². The first-order chi connectivity index (χ1) is 16.4. The fourth-order valence-corrected chi connectivity index (χ4v) is 2.29. The SMILES string of the molecule is Cl.[2H]C([2H])(N)C([2H])(O)C([2H])([2H])Oc1cc(C)cc(C)c1.[2H]C([2H])(Oc1cc(C)cc(C)c1)C1([2H])OC1([2H])[2H]. The second-order valence-electron chi connectivity index (χ2n) is 6.08. The van der Waals surface area contributed by atoms with E-state index in [0.717, 1.165) is 22.3 Å². The molecule has 2 unspecified atom stereocenters. The lowest BCUT2D eigenvalue weighted by atomic mass is 10.1. The Morgan fingerprint density at radius 1 is 1.11 bits per heavy atom. The lowest BCUT2D eigenvalue weighted by Crippen LogP contribution is -2.26. The number of hydrogen-bond donors (Lipinski definition) is 2. The normalized spacial score (nSPS) is 27.9. The topological polar surface area (TPSA) is 77.2 Å². The van der Waals surface area contributed by atoms with Gasteiger partial charge in [0.15, 0.2) is 0 Å². The molecule has 0 spiro atoms. The van der Waals surface area contributed by atoms with E-state index in [1.165, 1.54) is 12.1 Å². The Morgan fingerprint density at radius 3 is 1.93 bits per heavy atom. The lowest BCUT2D eigenvalue weighted by molar-refractivity contribution is 0.114. The Kier molecular flexibility index (Phi) is 5.41. The number of hydrogen-bond acceptors (Lipinski definition) is 5. The van der Waals surface area contributed by atoms with E-state index in [2.05, 4.69) is 4.74 Å². The van der Waals surface area contributed by atoms with Crippen molar-refractivity contribution >= 4 is 12.4 Å². The first-order valence-corrected chi connectivity index (χ1v) is 8.20. The highest BCUT2D eigenvalue weighted by molar-refractivity contribution is 5.85. The molecule has 0 aliphatic carbocycles. The molecular formula is C22H32ClNO4. The Bertz CT molecular complexity index is 1100. The molecule has 156 valence electrons. The first kappa shape index (κ1) is 12.7. The number of ether oxygens (including phenoxy) is 3. The number of aliphatic hydroxyl groups is 1. The van der Waals surface area contributed by atoms with Gasteiger partial charge in [-0.3, -0.25) is 0 Å². The summed E-state index contributed by atoms with van der Waals surface area (Å²) in [6, 6.07) is 10.1. The summed E-state index contributed by atoms with van der Waals surface area (Å²) in [5.74, 6) is 0.354. The highest BCUT2D eigenvalue weighted by Crippen LogP contribution is 2.18. The van der Waals surface area contributed by atoms with Crippen LogP contribution in [0.5, 0.6) is 11.5 Å². The summed E-state index contributed by atoms with van der Waals surface area (Å²) >= 11 is 0. The van der Waals surface area contributed by atoms with Crippen molar-refractivity contribution in [2.45, 2.75) is 39.9 Å². The monoisotopic (exact) mass is 419 g/mol. The number of aryl methyl sites for hydroxylation is 4. The smallest absolute Gasteiger partial charge is 0.119 e. The molecule has 0 aromatic heterocycles. The number of rotatable bonds is 7. The zero-order chi connectivity index (χ0) is 28.8. The van der Waals surface area contributed by atoms with Gasteiger partial charge in [-0.15, -0.1) is 12.4 Å². The van der Waals surface area contributed by atoms with Crippen molar-refractivity contribution in [2.75, 3.05) is 26.2 Å². The predicted molar refractivity (Wildman–Crippen MR) is 115 cm³/mol. The van der Waals surface area contributed by atoms with Gasteiger partial charge in [-0.2, -0.15) is 0 Å². The molecule has 1 aliphatic rings. The van der Waals surface area contributed by atoms with Gasteiger partial charge in [0.05, 0.1) is 17.5 Å². The average Bonchev–Trinajstić information content (AvgIpc) is 3.18. The van der Waals surface area contributed by atoms with E-state index in [0.29, 0.717) is 0 Å². The summed E-state index contributed by atoms with van der Waals surface area (Å²) in [6.07, 6.45) is -5.57. The molecule has 1 heterocycles. The Morgan fingerprint density at radius 2 is 1.54 bits per heavy atom. The van der Waals surface area contributed by atoms with Gasteiger partial charge in [0, 0.05) is 9.24 Å². The third kappa shape index (κ3) is 9.42. The van der Waals surface area contributed by atoms with Gasteiger partial charge in [0.1, 0.15) is 36.8 Å². The minimum Gasteiger partial charge on any atom is -0.491 e. The molecule has 3 rings (SSSR count). The molecule has 28 heavy (non-hydrogen) atoms. The minimum absolute atomic E-state index is 0. The molecule has 2 atom stereocenters. The van der Waals surface area contributed by atoms with E-state index in [-0.39, 0.29) is 23.9 Å². The highest BCUT2D eigenvalue weighted by atomic mass is 35.5. The van der Waals surface area contributed by atoms with E-state index < -0.39 is 38.3 Å². The Hall–Kier alpha value is -1.79. The van der Waals surface area contributed by atoms with Crippen molar-refractivity contribution in [1.29, 1.82) is 0 Å². The van der Waals surface area contributed by atoms with Crippen LogP contribution in [0.15, 0.2) is 36.4 Å². The zero-order valence-electron chi connectivity index (χ0n) is 26.1. The third-order valence-electron chi connectivity index (χ3n) is 3.26. The van der Waals surface area contributed by atoms with E-state index in [1.54, 1.807) is 26.0 Å². The molecule has 0 saturated carbocycles. The van der Waals surface area contributed by atoms with Crippen molar-refractivity contribution < 1.29 is 33.0 Å². The van der Waals surface area contributed by atoms with Crippen LogP contribution < -0.4 is 15.2 Å². The zero-order valence-corrected chi connectivity index (χ0v) is 16.9. The summed E-state index contributed by atoms with van der Waals surface area (Å²) in [4.78, 5) is 0. The predicted octanol–water partition coefficient (Wildman–Crippen LogP) is 3.50. The molecule has 1 aliphatic heterocycles. The molecule has 0 amide bonds. The summed E-state index contributed by atoms with van der Waals surface area (Å²) in [5.41, 5.74) is 8.42. The fourth-order valence-electron chi connectivity index (χ4n) is 2.29. The van der Waals surface area contributed by atoms with Crippen LogP contribution in [0.3, 0.4) is 0 Å². The maximum atomic E-state index is 9.65. The molecule has 2 aromatic carbocycles. The summed E-state index contributed by atoms with van der Waals surface area (Å²) in [7, 11) is 0. The average molecular weight is 420 g/mol. The number of epoxide rings is 1. The van der Waals surface area contributed by atoms with Crippen molar-refractivity contribution in [3.05, 3.63) is 58.7 Å². The van der Waals surface area contributed by atoms with E-state index in [1.807, 2.05) is 26.0 Å². The Balaban J connectivity index is 0.000000370. The van der Waals surface area contributed by atoms with Crippen molar-refractivity contribution in [3.8, 4) is 11.5 Å². The largest absolute Gasteiger partial charge is 0.491 e. The highest BCUT2D eigenvalue weighted by Gasteiger charge is 2.23. The van der Waals surface area contributed by atoms with Crippen LogP contribution in [0.2, 0.25) is 0 Å². The van der Waals surface area contributed by atoms with Crippen LogP contribution in [0.1, 0.15) is 36.0 Å². The standard InChI is InChI=1S/C11H17NO2.C11H14O2.ClH/c1-8-3-9(2)5-11(4-8)14-7-10(13)6-12;1-8-3-9(2)5-10(4-8)12-6-11-7-13-11;/h3-5,10,13H,6-7,12H2,1-2H3;3-5,11H,6-7H2,1-2H3;1H/i6D2,7D2,10D;6D2,7D2,11D;. The molecule has 0 bridgehead atoms. The van der Waals surface area contributed by atoms with Gasteiger partial charge in [-0.05, 0) is 74.2 Å². The third-order valence-corrected chi connectivity index (χ3v) is 3.26. The molecule has 1 saturated heterocycles. The van der Waals surface area contributed by atoms with Gasteiger partial charge in [-0.1, -0.05) is 12.1 Å². The van der Waals surface area contributed by atoms with Crippen LogP contribution in [0.4, 0.5) is 0 Å². The van der Waals surface area contributed by atoms with Gasteiger partial charge >= 0.3 is 0 Å². The van der Waals surface area contributed by atoms with Crippen LogP contribution in [0, 0.1) is 27.7 Å². The summed E-state index contributed by atoms with van der Waals surface area (Å²) in [6.45, 7) is -3.61. The number of nitrogens with two attached hydrogens (primary N) is 1. The number of benzene rings is 2. The molecule has 2 aromatic rings. The van der Waals surface area contributed by atoms with Crippen molar-refractivity contribution in [3.63, 3.8) is 0 Å². The van der Waals surface area contributed by atoms with Crippen LogP contribution in [-0.4, -0.2) is 43.4 Å². The van der Waals surface area contributed by atoms with E-state index in [4.69, 9.17) is 28.9 Å². The molecule has 1 fully saturated rings. The second kappa shape index (κ2) is 11.9. The maximum Gasteiger partial charge on any atom is 0.119 e. The minimum atomic E-state index is -3.25. The second-order valence-corrected chi connectivity index (χ2v) is 6.08. The molecular weight excluding hydrogens is 378 g/mol. The molecule has 6 heteroatoms. The van der Waals surface area contributed by atoms with E-state index in [9.17, 15) is 5.11 Å². The molecule has 0 radical (unpaired) electrons. The first-order valence-electron chi connectivity index (χ1n) is 13.2. The van der Waals surface area contributed by atoms with Gasteiger partial charge in [0.25, 0.3) is 0 Å². The lowest BCUT2D eigenvalue weighted by Gasteiger charge is -2.11. The summed E-state index contributed by atoms with van der Waals surface area (Å²) in [5, 5.41) is 9.65. The van der Waals surface area contributed by atoms with Crippen LogP contribution in [0.25, 0.3) is 0 Å². The van der Waals surface area contributed by atoms with Crippen molar-refractivity contribution in [1.82, 2.24) is 0 Å². The van der Waals surface area contributed by atoms with Gasteiger partial charge in [-0.25, -0.2) is 0 Å². The maximum absolute atomic E-state index is 9.65. The van der Waals surface area contributed by atoms with Crippen LogP contribution in [-0.2, 0) is 4.74 Å². The van der Waals surface area contributed by atoms with Crippen LogP contribution >= 0.6 is 12.4 Å².